The highest BCUT2D eigenvalue weighted by Crippen LogP contribution is 2.34. The molecule has 0 saturated heterocycles. The lowest BCUT2D eigenvalue weighted by atomic mass is 9.95. The topological polar surface area (TPSA) is 89.8 Å². The van der Waals surface area contributed by atoms with Gasteiger partial charge in [-0.15, -0.1) is 0 Å². The lowest BCUT2D eigenvalue weighted by Crippen LogP contribution is -2.32. The summed E-state index contributed by atoms with van der Waals surface area (Å²) in [7, 11) is 0. The van der Waals surface area contributed by atoms with E-state index in [9.17, 15) is 9.59 Å². The van der Waals surface area contributed by atoms with Gasteiger partial charge in [0, 0.05) is 13.0 Å². The lowest BCUT2D eigenvalue weighted by Gasteiger charge is -2.25. The Labute approximate surface area is 164 Å². The van der Waals surface area contributed by atoms with Crippen molar-refractivity contribution in [3.05, 3.63) is 47.9 Å². The number of hydrogen-bond acceptors (Lipinski definition) is 5. The van der Waals surface area contributed by atoms with Crippen LogP contribution in [0.25, 0.3) is 0 Å². The summed E-state index contributed by atoms with van der Waals surface area (Å²) in [5.41, 5.74) is 0.985. The Bertz CT molecular complexity index is 801. The van der Waals surface area contributed by atoms with Crippen LogP contribution in [0.1, 0.15) is 48.8 Å². The Morgan fingerprint density at radius 3 is 2.61 bits per heavy atom. The number of fused-ring (bicyclic) bond motifs is 1. The molecule has 28 heavy (non-hydrogen) atoms. The second-order valence-corrected chi connectivity index (χ2v) is 7.03. The van der Waals surface area contributed by atoms with Crippen molar-refractivity contribution in [1.29, 1.82) is 0 Å². The predicted molar refractivity (Wildman–Crippen MR) is 103 cm³/mol. The normalized spacial score (nSPS) is 13.8. The molecule has 2 aromatic rings. The smallest absolute Gasteiger partial charge is 0.286 e. The van der Waals surface area contributed by atoms with Crippen molar-refractivity contribution in [2.45, 2.75) is 32.7 Å². The third-order valence-corrected chi connectivity index (χ3v) is 4.52. The molecule has 150 valence electrons. The van der Waals surface area contributed by atoms with Crippen LogP contribution in [0.15, 0.2) is 41.0 Å². The van der Waals surface area contributed by atoms with Crippen LogP contribution in [0.4, 0.5) is 0 Å². The number of furan rings is 1. The second kappa shape index (κ2) is 9.30. The van der Waals surface area contributed by atoms with E-state index < -0.39 is 0 Å². The van der Waals surface area contributed by atoms with E-state index >= 15 is 0 Å². The molecule has 7 nitrogen and oxygen atoms in total. The first-order valence-electron chi connectivity index (χ1n) is 9.55. The zero-order chi connectivity index (χ0) is 19.9. The first-order chi connectivity index (χ1) is 13.5. The zero-order valence-corrected chi connectivity index (χ0v) is 16.2. The fraction of sp³-hybridized carbons (Fsp3) is 0.429. The van der Waals surface area contributed by atoms with Crippen LogP contribution in [0.5, 0.6) is 11.5 Å². The van der Waals surface area contributed by atoms with E-state index in [2.05, 4.69) is 24.5 Å². The summed E-state index contributed by atoms with van der Waals surface area (Å²) in [6.45, 7) is 5.60. The third-order valence-electron chi connectivity index (χ3n) is 4.52. The molecule has 1 aliphatic heterocycles. The van der Waals surface area contributed by atoms with Crippen LogP contribution >= 0.6 is 0 Å². The molecule has 1 atom stereocenters. The molecule has 0 unspecified atom stereocenters. The van der Waals surface area contributed by atoms with E-state index in [0.717, 1.165) is 11.3 Å². The monoisotopic (exact) mass is 386 g/mol. The standard InChI is InChI=1S/C21H26N2O5/c1-14(2)20(15-7-8-16-18(13-15)28-12-11-27-16)23-19(24)6-3-9-22-21(25)17-5-4-10-26-17/h4-5,7-8,10,13-14,20H,3,6,9,11-12H2,1-2H3,(H,22,25)(H,23,24)/t20-/m1/s1. The van der Waals surface area contributed by atoms with Crippen molar-refractivity contribution >= 4 is 11.8 Å². The number of carbonyl (C=O) groups is 2. The van der Waals surface area contributed by atoms with Crippen LogP contribution in [0.2, 0.25) is 0 Å². The van der Waals surface area contributed by atoms with Gasteiger partial charge in [0.2, 0.25) is 5.91 Å². The van der Waals surface area contributed by atoms with Gasteiger partial charge in [0.15, 0.2) is 17.3 Å². The molecular weight excluding hydrogens is 360 g/mol. The highest BCUT2D eigenvalue weighted by molar-refractivity contribution is 5.91. The quantitative estimate of drug-likeness (QED) is 0.681. The van der Waals surface area contributed by atoms with E-state index in [1.165, 1.54) is 6.26 Å². The predicted octanol–water partition coefficient (Wildman–Crippen LogP) is 3.07. The van der Waals surface area contributed by atoms with Gasteiger partial charge in [0.25, 0.3) is 5.91 Å². The summed E-state index contributed by atoms with van der Waals surface area (Å²) in [6, 6.07) is 8.91. The maximum Gasteiger partial charge on any atom is 0.286 e. The Morgan fingerprint density at radius 2 is 1.89 bits per heavy atom. The fourth-order valence-corrected chi connectivity index (χ4v) is 3.08. The molecule has 7 heteroatoms. The van der Waals surface area contributed by atoms with E-state index in [1.807, 2.05) is 18.2 Å². The van der Waals surface area contributed by atoms with Gasteiger partial charge in [-0.3, -0.25) is 9.59 Å². The zero-order valence-electron chi connectivity index (χ0n) is 16.2. The molecule has 0 bridgehead atoms. The second-order valence-electron chi connectivity index (χ2n) is 7.03. The molecule has 2 N–H and O–H groups in total. The van der Waals surface area contributed by atoms with Crippen molar-refractivity contribution in [2.24, 2.45) is 5.92 Å². The summed E-state index contributed by atoms with van der Waals surface area (Å²) in [4.78, 5) is 24.2. The van der Waals surface area contributed by atoms with E-state index in [1.54, 1.807) is 12.1 Å². The third kappa shape index (κ3) is 5.06. The summed E-state index contributed by atoms with van der Waals surface area (Å²) in [5.74, 6) is 1.59. The van der Waals surface area contributed by atoms with Gasteiger partial charge in [-0.2, -0.15) is 0 Å². The van der Waals surface area contributed by atoms with Crippen molar-refractivity contribution < 1.29 is 23.5 Å². The molecule has 0 spiro atoms. The molecule has 1 aliphatic rings. The number of carbonyl (C=O) groups excluding carboxylic acids is 2. The number of rotatable bonds is 8. The first-order valence-corrected chi connectivity index (χ1v) is 9.55. The van der Waals surface area contributed by atoms with Crippen molar-refractivity contribution in [1.82, 2.24) is 10.6 Å². The minimum absolute atomic E-state index is 0.0548. The van der Waals surface area contributed by atoms with Gasteiger partial charge < -0.3 is 24.5 Å². The highest BCUT2D eigenvalue weighted by atomic mass is 16.6. The number of benzene rings is 1. The molecule has 0 fully saturated rings. The Kier molecular flexibility index (Phi) is 6.57. The molecule has 1 aromatic heterocycles. The van der Waals surface area contributed by atoms with Gasteiger partial charge in [-0.1, -0.05) is 19.9 Å². The summed E-state index contributed by atoms with van der Waals surface area (Å²) in [6.07, 6.45) is 2.32. The maximum atomic E-state index is 12.4. The molecule has 2 amide bonds. The van der Waals surface area contributed by atoms with Crippen LogP contribution < -0.4 is 20.1 Å². The van der Waals surface area contributed by atoms with Crippen LogP contribution in [-0.2, 0) is 4.79 Å². The molecule has 3 rings (SSSR count). The van der Waals surface area contributed by atoms with E-state index in [-0.39, 0.29) is 29.5 Å². The summed E-state index contributed by atoms with van der Waals surface area (Å²) >= 11 is 0. The molecule has 2 heterocycles. The average Bonchev–Trinajstić information content (AvgIpc) is 3.23. The largest absolute Gasteiger partial charge is 0.486 e. The van der Waals surface area contributed by atoms with Gasteiger partial charge in [-0.25, -0.2) is 0 Å². The van der Waals surface area contributed by atoms with Crippen LogP contribution in [0.3, 0.4) is 0 Å². The van der Waals surface area contributed by atoms with Gasteiger partial charge in [0.05, 0.1) is 12.3 Å². The Morgan fingerprint density at radius 1 is 1.11 bits per heavy atom. The Balaban J connectivity index is 1.50. The molecule has 1 aromatic carbocycles. The van der Waals surface area contributed by atoms with E-state index in [0.29, 0.717) is 38.3 Å². The number of ether oxygens (including phenoxy) is 2. The number of nitrogens with one attached hydrogen (secondary N) is 2. The summed E-state index contributed by atoms with van der Waals surface area (Å²) < 4.78 is 16.2. The highest BCUT2D eigenvalue weighted by Gasteiger charge is 2.21. The van der Waals surface area contributed by atoms with Crippen LogP contribution in [-0.4, -0.2) is 31.6 Å². The van der Waals surface area contributed by atoms with Crippen molar-refractivity contribution in [2.75, 3.05) is 19.8 Å². The van der Waals surface area contributed by atoms with Gasteiger partial charge in [-0.05, 0) is 42.2 Å². The molecule has 0 radical (unpaired) electrons. The molecule has 0 saturated carbocycles. The number of hydrogen-bond donors (Lipinski definition) is 2. The number of amides is 2. The fourth-order valence-electron chi connectivity index (χ4n) is 3.08. The minimum atomic E-state index is -0.276. The first kappa shape index (κ1) is 19.8. The average molecular weight is 386 g/mol. The maximum absolute atomic E-state index is 12.4. The molecular formula is C21H26N2O5. The molecule has 0 aliphatic carbocycles. The van der Waals surface area contributed by atoms with Crippen molar-refractivity contribution in [3.63, 3.8) is 0 Å². The van der Waals surface area contributed by atoms with E-state index in [4.69, 9.17) is 13.9 Å². The Hall–Kier alpha value is -2.96. The summed E-state index contributed by atoms with van der Waals surface area (Å²) in [5, 5.41) is 5.83. The van der Waals surface area contributed by atoms with Gasteiger partial charge >= 0.3 is 0 Å². The minimum Gasteiger partial charge on any atom is -0.486 e. The van der Waals surface area contributed by atoms with Gasteiger partial charge in [0.1, 0.15) is 13.2 Å². The van der Waals surface area contributed by atoms with Crippen molar-refractivity contribution in [3.8, 4) is 11.5 Å². The lowest BCUT2D eigenvalue weighted by molar-refractivity contribution is -0.122. The van der Waals surface area contributed by atoms with Crippen LogP contribution in [0, 0.1) is 5.92 Å². The SMILES string of the molecule is CC(C)[C@@H](NC(=O)CCCNC(=O)c1ccco1)c1ccc2c(c1)OCCO2.